The van der Waals surface area contributed by atoms with E-state index < -0.39 is 5.41 Å². The number of methoxy groups -OCH3 is 1. The molecule has 1 saturated heterocycles. The second-order valence-corrected chi connectivity index (χ2v) is 10.8. The lowest BCUT2D eigenvalue weighted by atomic mass is 9.79. The Morgan fingerprint density at radius 3 is 2.51 bits per heavy atom. The Balaban J connectivity index is 1.22. The van der Waals surface area contributed by atoms with Gasteiger partial charge in [-0.05, 0) is 74.9 Å². The van der Waals surface area contributed by atoms with Crippen LogP contribution in [-0.4, -0.2) is 54.4 Å². The number of hydrogen-bond donors (Lipinski definition) is 0. The fourth-order valence-corrected chi connectivity index (χ4v) is 5.99. The van der Waals surface area contributed by atoms with Crippen LogP contribution in [0.5, 0.6) is 0 Å². The SMILES string of the molecule is C#Cc1cc(-c2nc(-c3ccc(CN4CCC(COC)(C(=O)OCC)CC4)cc3)no2)ccc1C1CCCC1. The van der Waals surface area contributed by atoms with Gasteiger partial charge < -0.3 is 14.0 Å². The maximum Gasteiger partial charge on any atom is 0.314 e. The van der Waals surface area contributed by atoms with Gasteiger partial charge in [0.15, 0.2) is 0 Å². The lowest BCUT2D eigenvalue weighted by molar-refractivity contribution is -0.162. The van der Waals surface area contributed by atoms with E-state index in [1.54, 1.807) is 7.11 Å². The van der Waals surface area contributed by atoms with Crippen LogP contribution in [-0.2, 0) is 20.8 Å². The van der Waals surface area contributed by atoms with Crippen molar-refractivity contribution in [1.29, 1.82) is 0 Å². The molecule has 0 bridgehead atoms. The van der Waals surface area contributed by atoms with Gasteiger partial charge in [-0.1, -0.05) is 54.3 Å². The molecule has 39 heavy (non-hydrogen) atoms. The minimum absolute atomic E-state index is 0.143. The monoisotopic (exact) mass is 527 g/mol. The molecule has 0 radical (unpaired) electrons. The number of esters is 1. The number of terminal acetylenes is 1. The molecular weight excluding hydrogens is 490 g/mol. The van der Waals surface area contributed by atoms with E-state index in [-0.39, 0.29) is 5.97 Å². The predicted molar refractivity (Wildman–Crippen MR) is 150 cm³/mol. The minimum Gasteiger partial charge on any atom is -0.465 e. The summed E-state index contributed by atoms with van der Waals surface area (Å²) in [5.74, 6) is 4.29. The van der Waals surface area contributed by atoms with Crippen LogP contribution in [0.1, 0.15) is 68.1 Å². The highest BCUT2D eigenvalue weighted by Crippen LogP contribution is 2.37. The summed E-state index contributed by atoms with van der Waals surface area (Å²) in [6, 6.07) is 14.4. The molecule has 0 N–H and O–H groups in total. The number of nitrogens with zero attached hydrogens (tertiary/aromatic N) is 3. The first kappa shape index (κ1) is 27.1. The zero-order valence-electron chi connectivity index (χ0n) is 22.9. The molecule has 1 saturated carbocycles. The van der Waals surface area contributed by atoms with Crippen LogP contribution in [0.15, 0.2) is 47.0 Å². The van der Waals surface area contributed by atoms with Gasteiger partial charge in [-0.3, -0.25) is 9.69 Å². The number of carbonyl (C=O) groups is 1. The van der Waals surface area contributed by atoms with Crippen LogP contribution in [0.2, 0.25) is 0 Å². The molecule has 0 unspecified atom stereocenters. The van der Waals surface area contributed by atoms with Crippen molar-refractivity contribution in [2.45, 2.75) is 57.9 Å². The van der Waals surface area contributed by atoms with E-state index in [1.165, 1.54) is 36.8 Å². The van der Waals surface area contributed by atoms with Crippen molar-refractivity contribution in [3.8, 4) is 35.2 Å². The molecule has 1 aromatic heterocycles. The second kappa shape index (κ2) is 12.1. The van der Waals surface area contributed by atoms with E-state index in [4.69, 9.17) is 20.4 Å². The molecule has 2 fully saturated rings. The van der Waals surface area contributed by atoms with Crippen LogP contribution in [0.25, 0.3) is 22.8 Å². The number of likely N-dealkylation sites (tertiary alicyclic amines) is 1. The lowest BCUT2D eigenvalue weighted by Crippen LogP contribution is -2.47. The highest BCUT2D eigenvalue weighted by molar-refractivity contribution is 5.77. The van der Waals surface area contributed by atoms with Crippen molar-refractivity contribution < 1.29 is 18.8 Å². The molecule has 2 aromatic carbocycles. The molecule has 1 aliphatic heterocycles. The van der Waals surface area contributed by atoms with E-state index in [1.807, 2.05) is 31.2 Å². The predicted octanol–water partition coefficient (Wildman–Crippen LogP) is 5.83. The van der Waals surface area contributed by atoms with Crippen molar-refractivity contribution in [3.63, 3.8) is 0 Å². The van der Waals surface area contributed by atoms with Crippen LogP contribution < -0.4 is 0 Å². The van der Waals surface area contributed by atoms with Gasteiger partial charge >= 0.3 is 5.97 Å². The van der Waals surface area contributed by atoms with Gasteiger partial charge in [-0.15, -0.1) is 6.42 Å². The summed E-state index contributed by atoms with van der Waals surface area (Å²) in [4.78, 5) is 19.6. The fourth-order valence-electron chi connectivity index (χ4n) is 5.99. The molecule has 5 rings (SSSR count). The van der Waals surface area contributed by atoms with E-state index in [0.29, 0.717) is 30.8 Å². The van der Waals surface area contributed by atoms with Gasteiger partial charge in [0.05, 0.1) is 18.6 Å². The van der Waals surface area contributed by atoms with Crippen molar-refractivity contribution in [3.05, 3.63) is 59.2 Å². The molecule has 7 nitrogen and oxygen atoms in total. The maximum atomic E-state index is 12.6. The van der Waals surface area contributed by atoms with E-state index in [2.05, 4.69) is 39.2 Å². The number of benzene rings is 2. The quantitative estimate of drug-likeness (QED) is 0.256. The first-order chi connectivity index (χ1) is 19.0. The fraction of sp³-hybridized carbons (Fsp3) is 0.469. The highest BCUT2D eigenvalue weighted by Gasteiger charge is 2.42. The molecule has 0 atom stereocenters. The number of rotatable bonds is 9. The third kappa shape index (κ3) is 5.93. The summed E-state index contributed by atoms with van der Waals surface area (Å²) in [7, 11) is 1.64. The molecular formula is C32H37N3O4. The molecule has 1 aliphatic carbocycles. The van der Waals surface area contributed by atoms with Crippen molar-refractivity contribution in [2.24, 2.45) is 5.41 Å². The Labute approximate surface area is 230 Å². The van der Waals surface area contributed by atoms with Crippen LogP contribution >= 0.6 is 0 Å². The molecule has 2 aliphatic rings. The number of hydrogen-bond acceptors (Lipinski definition) is 7. The first-order valence-electron chi connectivity index (χ1n) is 14.0. The molecule has 2 heterocycles. The summed E-state index contributed by atoms with van der Waals surface area (Å²) in [5, 5.41) is 4.22. The third-order valence-corrected chi connectivity index (χ3v) is 8.24. The summed E-state index contributed by atoms with van der Waals surface area (Å²) in [6.45, 7) is 5.08. The highest BCUT2D eigenvalue weighted by atomic mass is 16.5. The van der Waals surface area contributed by atoms with E-state index >= 15 is 0 Å². The van der Waals surface area contributed by atoms with Crippen molar-refractivity contribution in [2.75, 3.05) is 33.4 Å². The Hall–Kier alpha value is -3.47. The summed E-state index contributed by atoms with van der Waals surface area (Å²) in [5.41, 5.74) is 4.57. The smallest absolute Gasteiger partial charge is 0.314 e. The lowest BCUT2D eigenvalue weighted by Gasteiger charge is -2.39. The van der Waals surface area contributed by atoms with Crippen LogP contribution in [0.3, 0.4) is 0 Å². The summed E-state index contributed by atoms with van der Waals surface area (Å²) >= 11 is 0. The number of carbonyl (C=O) groups excluding carboxylic acids is 1. The average molecular weight is 528 g/mol. The second-order valence-electron chi connectivity index (χ2n) is 10.8. The Bertz CT molecular complexity index is 1310. The standard InChI is InChI=1S/C32H37N3O4/c1-4-24-20-27(14-15-28(24)25-8-6-7-9-25)30-33-29(34-39-30)26-12-10-23(11-13-26)21-35-18-16-32(17-19-35,22-37-3)31(36)38-5-2/h1,10-15,20,25H,5-9,16-19,21-22H2,2-3H3. The average Bonchev–Trinajstić information content (AvgIpc) is 3.68. The number of ether oxygens (including phenoxy) is 2. The maximum absolute atomic E-state index is 12.6. The molecule has 0 amide bonds. The Morgan fingerprint density at radius 2 is 1.85 bits per heavy atom. The number of aromatic nitrogens is 2. The molecule has 7 heteroatoms. The van der Waals surface area contributed by atoms with Gasteiger partial charge in [0.1, 0.15) is 0 Å². The normalized spacial score (nSPS) is 17.7. The van der Waals surface area contributed by atoms with Crippen molar-refractivity contribution >= 4 is 5.97 Å². The summed E-state index contributed by atoms with van der Waals surface area (Å²) < 4.78 is 16.3. The third-order valence-electron chi connectivity index (χ3n) is 8.24. The topological polar surface area (TPSA) is 77.7 Å². The largest absolute Gasteiger partial charge is 0.465 e. The first-order valence-corrected chi connectivity index (χ1v) is 14.0. The van der Waals surface area contributed by atoms with Gasteiger partial charge in [0.2, 0.25) is 5.82 Å². The number of piperidine rings is 1. The zero-order chi connectivity index (χ0) is 27.2. The Morgan fingerprint density at radius 1 is 1.13 bits per heavy atom. The van der Waals surface area contributed by atoms with Crippen LogP contribution in [0.4, 0.5) is 0 Å². The summed E-state index contributed by atoms with van der Waals surface area (Å²) in [6.07, 6.45) is 12.2. The van der Waals surface area contributed by atoms with Crippen molar-refractivity contribution in [1.82, 2.24) is 15.0 Å². The van der Waals surface area contributed by atoms with Crippen LogP contribution in [0, 0.1) is 17.8 Å². The molecule has 3 aromatic rings. The van der Waals surface area contributed by atoms with Gasteiger partial charge in [0.25, 0.3) is 5.89 Å². The zero-order valence-corrected chi connectivity index (χ0v) is 22.9. The van der Waals surface area contributed by atoms with E-state index in [0.717, 1.165) is 49.2 Å². The molecule has 0 spiro atoms. The minimum atomic E-state index is -0.542. The Kier molecular flexibility index (Phi) is 8.44. The van der Waals surface area contributed by atoms with E-state index in [9.17, 15) is 4.79 Å². The molecule has 204 valence electrons. The van der Waals surface area contributed by atoms with Gasteiger partial charge in [-0.2, -0.15) is 4.98 Å². The van der Waals surface area contributed by atoms with Gasteiger partial charge in [0, 0.05) is 30.3 Å². The van der Waals surface area contributed by atoms with Gasteiger partial charge in [-0.25, -0.2) is 0 Å².